The molecule has 5 heteroatoms. The second kappa shape index (κ2) is 4.23. The number of hydrogen-bond acceptors (Lipinski definition) is 4. The summed E-state index contributed by atoms with van der Waals surface area (Å²) in [6, 6.07) is 0.428. The molecular formula is C13H22N4O. The molecule has 2 unspecified atom stereocenters. The van der Waals surface area contributed by atoms with Crippen molar-refractivity contribution in [2.75, 3.05) is 25.1 Å². The first-order valence-corrected chi connectivity index (χ1v) is 6.84. The number of fused-ring (bicyclic) bond motifs is 1. The van der Waals surface area contributed by atoms with Gasteiger partial charge in [0.1, 0.15) is 0 Å². The molecule has 2 aliphatic heterocycles. The first-order chi connectivity index (χ1) is 8.55. The number of nitrogens with one attached hydrogen (secondary N) is 1. The third kappa shape index (κ3) is 2.00. The second-order valence-electron chi connectivity index (χ2n) is 6.40. The molecule has 0 spiro atoms. The van der Waals surface area contributed by atoms with Crippen molar-refractivity contribution in [2.24, 2.45) is 5.41 Å². The van der Waals surface area contributed by atoms with Crippen molar-refractivity contribution in [3.63, 3.8) is 0 Å². The Kier molecular flexibility index (Phi) is 2.81. The first-order valence-electron chi connectivity index (χ1n) is 6.84. The highest BCUT2D eigenvalue weighted by Crippen LogP contribution is 2.37. The van der Waals surface area contributed by atoms with E-state index in [2.05, 4.69) is 35.8 Å². The molecule has 5 nitrogen and oxygen atoms in total. The summed E-state index contributed by atoms with van der Waals surface area (Å²) in [4.78, 5) is 4.66. The maximum absolute atomic E-state index is 5.43. The fraction of sp³-hybridized carbons (Fsp3) is 0.846. The minimum absolute atomic E-state index is 0.216. The second-order valence-corrected chi connectivity index (χ2v) is 6.40. The minimum Gasteiger partial charge on any atom is -0.381 e. The molecule has 0 aromatic carbocycles. The topological polar surface area (TPSA) is 52.0 Å². The highest BCUT2D eigenvalue weighted by Gasteiger charge is 2.33. The molecule has 3 heterocycles. The zero-order valence-corrected chi connectivity index (χ0v) is 11.4. The van der Waals surface area contributed by atoms with Gasteiger partial charge in [-0.25, -0.2) is 4.68 Å². The molecule has 0 saturated carbocycles. The molecule has 0 aliphatic carbocycles. The SMILES string of the molecule is CC(C)(C)C1CCNc2nc(C3CCOC3)nn21. The van der Waals surface area contributed by atoms with Crippen molar-refractivity contribution in [3.8, 4) is 0 Å². The summed E-state index contributed by atoms with van der Waals surface area (Å²) in [7, 11) is 0. The molecule has 2 atom stereocenters. The molecule has 18 heavy (non-hydrogen) atoms. The quantitative estimate of drug-likeness (QED) is 0.830. The monoisotopic (exact) mass is 250 g/mol. The van der Waals surface area contributed by atoms with Gasteiger partial charge in [0.25, 0.3) is 0 Å². The average molecular weight is 250 g/mol. The van der Waals surface area contributed by atoms with E-state index >= 15 is 0 Å². The Hall–Kier alpha value is -1.10. The summed E-state index contributed by atoms with van der Waals surface area (Å²) in [5, 5.41) is 8.10. The number of nitrogens with zero attached hydrogens (tertiary/aromatic N) is 3. The molecule has 100 valence electrons. The maximum atomic E-state index is 5.43. The van der Waals surface area contributed by atoms with Gasteiger partial charge < -0.3 is 10.1 Å². The van der Waals surface area contributed by atoms with E-state index in [0.717, 1.165) is 44.4 Å². The Balaban J connectivity index is 1.92. The summed E-state index contributed by atoms with van der Waals surface area (Å²) in [6.07, 6.45) is 2.16. The lowest BCUT2D eigenvalue weighted by atomic mass is 9.84. The first kappa shape index (κ1) is 12.0. The summed E-state index contributed by atoms with van der Waals surface area (Å²) in [6.45, 7) is 9.40. The van der Waals surface area contributed by atoms with Gasteiger partial charge >= 0.3 is 0 Å². The van der Waals surface area contributed by atoms with Crippen molar-refractivity contribution in [1.82, 2.24) is 14.8 Å². The molecule has 1 N–H and O–H groups in total. The van der Waals surface area contributed by atoms with Gasteiger partial charge in [-0.05, 0) is 18.3 Å². The van der Waals surface area contributed by atoms with Crippen molar-refractivity contribution in [3.05, 3.63) is 5.82 Å². The molecule has 3 rings (SSSR count). The predicted octanol–water partition coefficient (Wildman–Crippen LogP) is 2.18. The van der Waals surface area contributed by atoms with E-state index in [-0.39, 0.29) is 5.41 Å². The van der Waals surface area contributed by atoms with Crippen LogP contribution in [0.4, 0.5) is 5.95 Å². The van der Waals surface area contributed by atoms with E-state index in [9.17, 15) is 0 Å². The van der Waals surface area contributed by atoms with Crippen molar-refractivity contribution in [1.29, 1.82) is 0 Å². The van der Waals surface area contributed by atoms with Gasteiger partial charge in [0.05, 0.1) is 12.6 Å². The van der Waals surface area contributed by atoms with Crippen LogP contribution in [-0.2, 0) is 4.74 Å². The molecule has 2 aliphatic rings. The Bertz CT molecular complexity index is 429. The van der Waals surface area contributed by atoms with E-state index in [0.29, 0.717) is 12.0 Å². The zero-order valence-electron chi connectivity index (χ0n) is 11.4. The predicted molar refractivity (Wildman–Crippen MR) is 69.8 cm³/mol. The lowest BCUT2D eigenvalue weighted by molar-refractivity contribution is 0.192. The molecule has 0 amide bonds. The van der Waals surface area contributed by atoms with Crippen LogP contribution in [0.3, 0.4) is 0 Å². The van der Waals surface area contributed by atoms with E-state index in [4.69, 9.17) is 9.84 Å². The Labute approximate surface area is 108 Å². The molecule has 0 bridgehead atoms. The van der Waals surface area contributed by atoms with Crippen LogP contribution in [0.1, 0.15) is 51.4 Å². The van der Waals surface area contributed by atoms with Crippen LogP contribution in [0, 0.1) is 5.41 Å². The van der Waals surface area contributed by atoms with Gasteiger partial charge in [-0.1, -0.05) is 20.8 Å². The summed E-state index contributed by atoms with van der Waals surface area (Å²) < 4.78 is 7.52. The summed E-state index contributed by atoms with van der Waals surface area (Å²) >= 11 is 0. The van der Waals surface area contributed by atoms with Crippen LogP contribution < -0.4 is 5.32 Å². The zero-order chi connectivity index (χ0) is 12.8. The van der Waals surface area contributed by atoms with Crippen molar-refractivity contribution >= 4 is 5.95 Å². The average Bonchev–Trinajstić information content (AvgIpc) is 2.95. The lowest BCUT2D eigenvalue weighted by Crippen LogP contribution is -2.32. The van der Waals surface area contributed by atoms with Crippen molar-refractivity contribution < 1.29 is 4.74 Å². The Morgan fingerprint density at radius 1 is 1.33 bits per heavy atom. The smallest absolute Gasteiger partial charge is 0.221 e. The largest absolute Gasteiger partial charge is 0.381 e. The van der Waals surface area contributed by atoms with Crippen LogP contribution >= 0.6 is 0 Å². The third-order valence-corrected chi connectivity index (χ3v) is 3.94. The Morgan fingerprint density at radius 2 is 2.17 bits per heavy atom. The molecule has 0 radical (unpaired) electrons. The van der Waals surface area contributed by atoms with Crippen LogP contribution in [0.15, 0.2) is 0 Å². The van der Waals surface area contributed by atoms with Gasteiger partial charge in [0.2, 0.25) is 5.95 Å². The highest BCUT2D eigenvalue weighted by atomic mass is 16.5. The highest BCUT2D eigenvalue weighted by molar-refractivity contribution is 5.29. The number of rotatable bonds is 1. The van der Waals surface area contributed by atoms with Crippen LogP contribution in [0.25, 0.3) is 0 Å². The lowest BCUT2D eigenvalue weighted by Gasteiger charge is -2.34. The number of hydrogen-bond donors (Lipinski definition) is 1. The van der Waals surface area contributed by atoms with Crippen molar-refractivity contribution in [2.45, 2.75) is 45.6 Å². The fourth-order valence-corrected chi connectivity index (χ4v) is 2.83. The Morgan fingerprint density at radius 3 is 2.83 bits per heavy atom. The van der Waals surface area contributed by atoms with Gasteiger partial charge in [0, 0.05) is 19.1 Å². The molecule has 1 aromatic rings. The van der Waals surface area contributed by atoms with E-state index in [1.807, 2.05) is 0 Å². The summed E-state index contributed by atoms with van der Waals surface area (Å²) in [5.74, 6) is 2.26. The molecular weight excluding hydrogens is 228 g/mol. The summed E-state index contributed by atoms with van der Waals surface area (Å²) in [5.41, 5.74) is 0.216. The minimum atomic E-state index is 0.216. The normalized spacial score (nSPS) is 27.9. The maximum Gasteiger partial charge on any atom is 0.221 e. The van der Waals surface area contributed by atoms with Gasteiger partial charge in [-0.15, -0.1) is 0 Å². The number of aromatic nitrogens is 3. The van der Waals surface area contributed by atoms with E-state index in [1.165, 1.54) is 0 Å². The van der Waals surface area contributed by atoms with Gasteiger partial charge in [0.15, 0.2) is 5.82 Å². The third-order valence-electron chi connectivity index (χ3n) is 3.94. The van der Waals surface area contributed by atoms with Gasteiger partial charge in [-0.2, -0.15) is 10.1 Å². The molecule has 1 saturated heterocycles. The van der Waals surface area contributed by atoms with E-state index in [1.54, 1.807) is 0 Å². The van der Waals surface area contributed by atoms with Crippen LogP contribution in [-0.4, -0.2) is 34.5 Å². The van der Waals surface area contributed by atoms with E-state index < -0.39 is 0 Å². The van der Waals surface area contributed by atoms with Crippen LogP contribution in [0.5, 0.6) is 0 Å². The molecule has 1 aromatic heterocycles. The fourth-order valence-electron chi connectivity index (χ4n) is 2.83. The standard InChI is InChI=1S/C13H22N4O/c1-13(2,3)10-4-6-14-12-15-11(16-17(10)12)9-5-7-18-8-9/h9-10H,4-8H2,1-3H3,(H,14,15,16). The molecule has 1 fully saturated rings. The van der Waals surface area contributed by atoms with Gasteiger partial charge in [-0.3, -0.25) is 0 Å². The number of anilines is 1. The number of ether oxygens (including phenoxy) is 1. The van der Waals surface area contributed by atoms with Crippen LogP contribution in [0.2, 0.25) is 0 Å².